The van der Waals surface area contributed by atoms with E-state index in [2.05, 4.69) is 0 Å². The highest BCUT2D eigenvalue weighted by Crippen LogP contribution is 2.36. The molecule has 0 amide bonds. The third kappa shape index (κ3) is 2.06. The Hall–Kier alpha value is -0.475. The summed E-state index contributed by atoms with van der Waals surface area (Å²) in [5.74, 6) is 1.76. The van der Waals surface area contributed by atoms with Crippen molar-refractivity contribution >= 4 is 7.12 Å². The van der Waals surface area contributed by atoms with Crippen LogP contribution in [-0.4, -0.2) is 25.4 Å². The van der Waals surface area contributed by atoms with Crippen molar-refractivity contribution in [2.75, 3.05) is 7.11 Å². The first kappa shape index (κ1) is 10.6. The Morgan fingerprint density at radius 1 is 1.08 bits per heavy atom. The van der Waals surface area contributed by atoms with E-state index in [0.29, 0.717) is 0 Å². The van der Waals surface area contributed by atoms with E-state index in [1.54, 1.807) is 19.3 Å². The van der Waals surface area contributed by atoms with E-state index in [0.717, 1.165) is 0 Å². The number of methoxy groups -OCH3 is 1. The van der Waals surface area contributed by atoms with Crippen molar-refractivity contribution in [2.24, 2.45) is 0 Å². The predicted octanol–water partition coefficient (Wildman–Crippen LogP) is 1.78. The fraction of sp³-hybridized carbons (Fsp3) is 0.778. The van der Waals surface area contributed by atoms with Crippen molar-refractivity contribution in [2.45, 2.75) is 38.9 Å². The van der Waals surface area contributed by atoms with Crippen LogP contribution in [0.15, 0.2) is 12.2 Å². The third-order valence-electron chi connectivity index (χ3n) is 2.64. The van der Waals surface area contributed by atoms with E-state index in [1.165, 1.54) is 0 Å². The molecule has 74 valence electrons. The van der Waals surface area contributed by atoms with E-state index >= 15 is 0 Å². The molecule has 0 bridgehead atoms. The highest BCUT2D eigenvalue weighted by molar-refractivity contribution is 6.51. The lowest BCUT2D eigenvalue weighted by Gasteiger charge is -2.32. The topological polar surface area (TPSA) is 27.7 Å². The minimum Gasteiger partial charge on any atom is -0.505 e. The SMILES string of the molecule is CO/C=C\B1OC(C)(C)C(C)(C)O1. The van der Waals surface area contributed by atoms with Crippen molar-refractivity contribution in [1.29, 1.82) is 0 Å². The van der Waals surface area contributed by atoms with E-state index in [1.807, 2.05) is 27.7 Å². The van der Waals surface area contributed by atoms with Gasteiger partial charge in [0.1, 0.15) is 0 Å². The molecule has 0 aliphatic carbocycles. The number of hydrogen-bond acceptors (Lipinski definition) is 3. The van der Waals surface area contributed by atoms with Gasteiger partial charge in [0.2, 0.25) is 0 Å². The Kier molecular flexibility index (Phi) is 2.73. The van der Waals surface area contributed by atoms with Crippen LogP contribution in [0.25, 0.3) is 0 Å². The van der Waals surface area contributed by atoms with Gasteiger partial charge >= 0.3 is 7.12 Å². The van der Waals surface area contributed by atoms with Crippen LogP contribution in [0.3, 0.4) is 0 Å². The third-order valence-corrected chi connectivity index (χ3v) is 2.64. The van der Waals surface area contributed by atoms with Crippen LogP contribution in [0.2, 0.25) is 0 Å². The summed E-state index contributed by atoms with van der Waals surface area (Å²) in [5, 5.41) is 0. The molecule has 0 spiro atoms. The molecule has 1 aliphatic heterocycles. The van der Waals surface area contributed by atoms with Crippen LogP contribution in [-0.2, 0) is 14.0 Å². The van der Waals surface area contributed by atoms with Crippen LogP contribution >= 0.6 is 0 Å². The lowest BCUT2D eigenvalue weighted by molar-refractivity contribution is 0.00578. The van der Waals surface area contributed by atoms with Crippen molar-refractivity contribution in [3.63, 3.8) is 0 Å². The Balaban J connectivity index is 2.65. The number of hydrogen-bond donors (Lipinski definition) is 0. The number of ether oxygens (including phenoxy) is 1. The van der Waals surface area contributed by atoms with Gasteiger partial charge in [-0.1, -0.05) is 0 Å². The van der Waals surface area contributed by atoms with Gasteiger partial charge in [0.25, 0.3) is 0 Å². The van der Waals surface area contributed by atoms with Gasteiger partial charge in [0, 0.05) is 0 Å². The molecule has 1 aliphatic rings. The molecule has 1 fully saturated rings. The highest BCUT2D eigenvalue weighted by atomic mass is 16.7. The zero-order valence-electron chi connectivity index (χ0n) is 8.96. The van der Waals surface area contributed by atoms with Crippen molar-refractivity contribution in [3.05, 3.63) is 12.2 Å². The second-order valence-electron chi connectivity index (χ2n) is 4.19. The molecule has 1 saturated heterocycles. The molecular formula is C9H17BO3. The zero-order valence-corrected chi connectivity index (χ0v) is 8.96. The summed E-state index contributed by atoms with van der Waals surface area (Å²) in [4.78, 5) is 0. The van der Waals surface area contributed by atoms with Crippen molar-refractivity contribution in [3.8, 4) is 0 Å². The molecule has 0 unspecified atom stereocenters. The van der Waals surface area contributed by atoms with Gasteiger partial charge in [-0.3, -0.25) is 0 Å². The summed E-state index contributed by atoms with van der Waals surface area (Å²) in [6, 6.07) is 0. The Labute approximate surface area is 80.2 Å². The smallest absolute Gasteiger partial charge is 0.490 e. The maximum Gasteiger partial charge on any atom is 0.490 e. The minimum atomic E-state index is -0.301. The van der Waals surface area contributed by atoms with Crippen LogP contribution < -0.4 is 0 Å². The van der Waals surface area contributed by atoms with Crippen LogP contribution in [0, 0.1) is 0 Å². The van der Waals surface area contributed by atoms with Crippen molar-refractivity contribution < 1.29 is 14.0 Å². The molecule has 0 atom stereocenters. The zero-order chi connectivity index (χ0) is 10.1. The van der Waals surface area contributed by atoms with Gasteiger partial charge in [0.15, 0.2) is 0 Å². The van der Waals surface area contributed by atoms with Gasteiger partial charge in [-0.15, -0.1) is 0 Å². The highest BCUT2D eigenvalue weighted by Gasteiger charge is 2.50. The summed E-state index contributed by atoms with van der Waals surface area (Å²) in [7, 11) is 1.30. The van der Waals surface area contributed by atoms with Gasteiger partial charge < -0.3 is 14.0 Å². The first-order valence-corrected chi connectivity index (χ1v) is 4.44. The van der Waals surface area contributed by atoms with E-state index < -0.39 is 0 Å². The molecule has 0 aromatic rings. The average Bonchev–Trinajstić information content (AvgIpc) is 2.17. The Bertz CT molecular complexity index is 195. The molecule has 1 rings (SSSR count). The fourth-order valence-electron chi connectivity index (χ4n) is 1.11. The van der Waals surface area contributed by atoms with E-state index in [-0.39, 0.29) is 18.3 Å². The monoisotopic (exact) mass is 184 g/mol. The first-order chi connectivity index (χ1) is 5.89. The fourth-order valence-corrected chi connectivity index (χ4v) is 1.11. The van der Waals surface area contributed by atoms with Gasteiger partial charge in [0.05, 0.1) is 24.6 Å². The molecule has 0 N–H and O–H groups in total. The Morgan fingerprint density at radius 2 is 1.54 bits per heavy atom. The van der Waals surface area contributed by atoms with Crippen LogP contribution in [0.1, 0.15) is 27.7 Å². The van der Waals surface area contributed by atoms with Crippen LogP contribution in [0.4, 0.5) is 0 Å². The lowest BCUT2D eigenvalue weighted by atomic mass is 9.90. The predicted molar refractivity (Wildman–Crippen MR) is 52.2 cm³/mol. The average molecular weight is 184 g/mol. The first-order valence-electron chi connectivity index (χ1n) is 4.44. The van der Waals surface area contributed by atoms with Gasteiger partial charge in [-0.2, -0.15) is 0 Å². The lowest BCUT2D eigenvalue weighted by Crippen LogP contribution is -2.41. The summed E-state index contributed by atoms with van der Waals surface area (Å²) in [6.45, 7) is 8.09. The largest absolute Gasteiger partial charge is 0.505 e. The van der Waals surface area contributed by atoms with Crippen LogP contribution in [0.5, 0.6) is 0 Å². The summed E-state index contributed by atoms with van der Waals surface area (Å²) in [6.07, 6.45) is 1.57. The second-order valence-corrected chi connectivity index (χ2v) is 4.19. The second kappa shape index (κ2) is 3.35. The molecule has 13 heavy (non-hydrogen) atoms. The quantitative estimate of drug-likeness (QED) is 0.483. The minimum absolute atomic E-state index is 0.268. The molecule has 0 radical (unpaired) electrons. The summed E-state index contributed by atoms with van der Waals surface area (Å²) >= 11 is 0. The standard InChI is InChI=1S/C9H17BO3/c1-8(2)9(3,4)13-10(12-8)6-7-11-5/h6-7H,1-5H3/b7-6-. The number of rotatable bonds is 2. The van der Waals surface area contributed by atoms with E-state index in [9.17, 15) is 0 Å². The summed E-state index contributed by atoms with van der Waals surface area (Å²) < 4.78 is 16.2. The van der Waals surface area contributed by atoms with Gasteiger partial charge in [-0.25, -0.2) is 0 Å². The maximum absolute atomic E-state index is 5.68. The molecule has 3 nitrogen and oxygen atoms in total. The normalized spacial score (nSPS) is 25.5. The molecular weight excluding hydrogens is 167 g/mol. The molecule has 4 heteroatoms. The summed E-state index contributed by atoms with van der Waals surface area (Å²) in [5.41, 5.74) is -0.536. The molecule has 1 heterocycles. The van der Waals surface area contributed by atoms with Gasteiger partial charge in [-0.05, 0) is 33.7 Å². The van der Waals surface area contributed by atoms with E-state index in [4.69, 9.17) is 14.0 Å². The van der Waals surface area contributed by atoms with Crippen molar-refractivity contribution in [1.82, 2.24) is 0 Å². The molecule has 0 saturated carbocycles. The molecule has 0 aromatic heterocycles. The molecule has 0 aromatic carbocycles. The maximum atomic E-state index is 5.68. The Morgan fingerprint density at radius 3 is 1.92 bits per heavy atom.